The number of hydrogen-bond donors (Lipinski definition) is 1. The van der Waals surface area contributed by atoms with Crippen LogP contribution < -0.4 is 10.1 Å². The molecule has 29 heavy (non-hydrogen) atoms. The predicted molar refractivity (Wildman–Crippen MR) is 120 cm³/mol. The van der Waals surface area contributed by atoms with Crippen molar-refractivity contribution in [3.05, 3.63) is 65.7 Å². The normalized spacial score (nSPS) is 20.5. The Labute approximate surface area is 178 Å². The van der Waals surface area contributed by atoms with Crippen LogP contribution in [-0.2, 0) is 6.42 Å². The fraction of sp³-hybridized carbons (Fsp3) is 0.458. The average Bonchev–Trinajstić information content (AvgIpc) is 3.30. The molecule has 0 radical (unpaired) electrons. The van der Waals surface area contributed by atoms with Gasteiger partial charge in [0.25, 0.3) is 5.91 Å². The molecule has 4 rings (SSSR count). The number of nitrogens with zero attached hydrogens (tertiary/aromatic N) is 1. The van der Waals surface area contributed by atoms with Crippen molar-refractivity contribution in [1.29, 1.82) is 0 Å². The zero-order valence-electron chi connectivity index (χ0n) is 16.9. The third kappa shape index (κ3) is 5.77. The summed E-state index contributed by atoms with van der Waals surface area (Å²) in [7, 11) is 0. The number of piperidine rings is 1. The highest BCUT2D eigenvalue weighted by Gasteiger charge is 2.28. The third-order valence-corrected chi connectivity index (χ3v) is 6.98. The maximum Gasteiger partial charge on any atom is 0.251 e. The van der Waals surface area contributed by atoms with Crippen molar-refractivity contribution in [2.24, 2.45) is 0 Å². The molecule has 0 aromatic heterocycles. The number of amides is 1. The Hall–Kier alpha value is -1.98. The smallest absolute Gasteiger partial charge is 0.251 e. The van der Waals surface area contributed by atoms with E-state index >= 15 is 0 Å². The summed E-state index contributed by atoms with van der Waals surface area (Å²) in [5.41, 5.74) is 1.89. The molecule has 1 atom stereocenters. The highest BCUT2D eigenvalue weighted by Crippen LogP contribution is 2.26. The second kappa shape index (κ2) is 10.2. The number of rotatable bonds is 7. The van der Waals surface area contributed by atoms with E-state index in [2.05, 4.69) is 34.1 Å². The van der Waals surface area contributed by atoms with Gasteiger partial charge >= 0.3 is 0 Å². The van der Waals surface area contributed by atoms with Gasteiger partial charge in [-0.2, -0.15) is 11.8 Å². The van der Waals surface area contributed by atoms with Gasteiger partial charge in [0.05, 0.1) is 0 Å². The van der Waals surface area contributed by atoms with Crippen LogP contribution in [0.3, 0.4) is 0 Å². The lowest BCUT2D eigenvalue weighted by Gasteiger charge is -2.35. The first-order valence-corrected chi connectivity index (χ1v) is 11.8. The fourth-order valence-corrected chi connectivity index (χ4v) is 5.39. The van der Waals surface area contributed by atoms with E-state index in [0.29, 0.717) is 12.1 Å². The lowest BCUT2D eigenvalue weighted by Crippen LogP contribution is -2.44. The molecule has 2 aliphatic heterocycles. The first-order valence-electron chi connectivity index (χ1n) is 10.7. The molecule has 1 N–H and O–H groups in total. The van der Waals surface area contributed by atoms with Gasteiger partial charge in [-0.3, -0.25) is 9.69 Å². The first kappa shape index (κ1) is 20.3. The Kier molecular flexibility index (Phi) is 7.12. The summed E-state index contributed by atoms with van der Waals surface area (Å²) < 4.78 is 6.22. The van der Waals surface area contributed by atoms with Gasteiger partial charge < -0.3 is 10.1 Å². The van der Waals surface area contributed by atoms with Crippen molar-refractivity contribution in [2.75, 3.05) is 31.1 Å². The van der Waals surface area contributed by atoms with E-state index < -0.39 is 0 Å². The standard InChI is InChI=1S/C24H30N2O2S/c27-24(25-13-9-19-5-2-1-3-6-19)20-7-4-8-23(17-20)28-22-10-14-26(15-11-22)21-12-16-29-18-21/h1-8,17,21-22H,9-16,18H2,(H,25,27). The molecule has 2 aromatic carbocycles. The van der Waals surface area contributed by atoms with Crippen LogP contribution in [0.4, 0.5) is 0 Å². The second-order valence-corrected chi connectivity index (χ2v) is 9.04. The van der Waals surface area contributed by atoms with Gasteiger partial charge in [-0.25, -0.2) is 0 Å². The maximum atomic E-state index is 12.5. The molecule has 1 unspecified atom stereocenters. The summed E-state index contributed by atoms with van der Waals surface area (Å²) in [5, 5.41) is 3.01. The number of carbonyl (C=O) groups is 1. The maximum absolute atomic E-state index is 12.5. The predicted octanol–water partition coefficient (Wildman–Crippen LogP) is 4.01. The van der Waals surface area contributed by atoms with Crippen LogP contribution >= 0.6 is 11.8 Å². The SMILES string of the molecule is O=C(NCCc1ccccc1)c1cccc(OC2CCN(C3CCSC3)CC2)c1. The van der Waals surface area contributed by atoms with E-state index in [0.717, 1.165) is 44.1 Å². The molecule has 0 aliphatic carbocycles. The molecule has 4 nitrogen and oxygen atoms in total. The Morgan fingerprint density at radius 3 is 2.66 bits per heavy atom. The molecule has 2 aromatic rings. The third-order valence-electron chi connectivity index (χ3n) is 5.84. The summed E-state index contributed by atoms with van der Waals surface area (Å²) in [6, 6.07) is 18.6. The molecule has 2 heterocycles. The molecule has 2 aliphatic rings. The van der Waals surface area contributed by atoms with Gasteiger partial charge in [0.1, 0.15) is 11.9 Å². The molecule has 0 bridgehead atoms. The van der Waals surface area contributed by atoms with Crippen molar-refractivity contribution in [2.45, 2.75) is 37.8 Å². The van der Waals surface area contributed by atoms with E-state index in [1.54, 1.807) is 0 Å². The van der Waals surface area contributed by atoms with Crippen LogP contribution in [0.25, 0.3) is 0 Å². The van der Waals surface area contributed by atoms with Crippen LogP contribution in [-0.4, -0.2) is 54.1 Å². The monoisotopic (exact) mass is 410 g/mol. The minimum atomic E-state index is -0.0417. The van der Waals surface area contributed by atoms with E-state index in [9.17, 15) is 4.79 Å². The molecule has 154 valence electrons. The molecule has 0 saturated carbocycles. The van der Waals surface area contributed by atoms with Crippen LogP contribution in [0.2, 0.25) is 0 Å². The van der Waals surface area contributed by atoms with Gasteiger partial charge in [0.15, 0.2) is 0 Å². The number of thioether (sulfide) groups is 1. The second-order valence-electron chi connectivity index (χ2n) is 7.89. The number of benzene rings is 2. The molecule has 1 amide bonds. The fourth-order valence-electron chi connectivity index (χ4n) is 4.14. The Balaban J connectivity index is 1.24. The van der Waals surface area contributed by atoms with Gasteiger partial charge in [-0.1, -0.05) is 36.4 Å². The number of nitrogens with one attached hydrogen (secondary N) is 1. The number of hydrogen-bond acceptors (Lipinski definition) is 4. The Bertz CT molecular complexity index is 784. The van der Waals surface area contributed by atoms with Crippen molar-refractivity contribution >= 4 is 17.7 Å². The van der Waals surface area contributed by atoms with Crippen molar-refractivity contribution in [1.82, 2.24) is 10.2 Å². The van der Waals surface area contributed by atoms with E-state index in [1.165, 1.54) is 23.5 Å². The molecule has 2 saturated heterocycles. The van der Waals surface area contributed by atoms with E-state index in [1.807, 2.05) is 42.5 Å². The molecule has 0 spiro atoms. The zero-order valence-corrected chi connectivity index (χ0v) is 17.7. The molecule has 2 fully saturated rings. The Morgan fingerprint density at radius 1 is 1.07 bits per heavy atom. The average molecular weight is 411 g/mol. The van der Waals surface area contributed by atoms with Gasteiger partial charge in [0.2, 0.25) is 0 Å². The molecule has 5 heteroatoms. The number of ether oxygens (including phenoxy) is 1. The van der Waals surface area contributed by atoms with E-state index in [-0.39, 0.29) is 12.0 Å². The molecular formula is C24H30N2O2S. The lowest BCUT2D eigenvalue weighted by atomic mass is 10.0. The largest absolute Gasteiger partial charge is 0.490 e. The minimum absolute atomic E-state index is 0.0417. The van der Waals surface area contributed by atoms with Crippen molar-refractivity contribution < 1.29 is 9.53 Å². The van der Waals surface area contributed by atoms with Gasteiger partial charge in [-0.15, -0.1) is 0 Å². The topological polar surface area (TPSA) is 41.6 Å². The minimum Gasteiger partial charge on any atom is -0.490 e. The van der Waals surface area contributed by atoms with E-state index in [4.69, 9.17) is 4.74 Å². The van der Waals surface area contributed by atoms with Crippen molar-refractivity contribution in [3.8, 4) is 5.75 Å². The first-order chi connectivity index (χ1) is 14.3. The quantitative estimate of drug-likeness (QED) is 0.749. The summed E-state index contributed by atoms with van der Waals surface area (Å²) in [6.45, 7) is 2.87. The summed E-state index contributed by atoms with van der Waals surface area (Å²) in [5.74, 6) is 3.35. The van der Waals surface area contributed by atoms with Crippen LogP contribution in [0.5, 0.6) is 5.75 Å². The summed E-state index contributed by atoms with van der Waals surface area (Å²) >= 11 is 2.08. The lowest BCUT2D eigenvalue weighted by molar-refractivity contribution is 0.0813. The van der Waals surface area contributed by atoms with Gasteiger partial charge in [-0.05, 0) is 55.2 Å². The highest BCUT2D eigenvalue weighted by molar-refractivity contribution is 7.99. The van der Waals surface area contributed by atoms with Crippen LogP contribution in [0.15, 0.2) is 54.6 Å². The number of carbonyl (C=O) groups excluding carboxylic acids is 1. The Morgan fingerprint density at radius 2 is 1.90 bits per heavy atom. The van der Waals surface area contributed by atoms with Crippen LogP contribution in [0.1, 0.15) is 35.2 Å². The zero-order chi connectivity index (χ0) is 19.9. The summed E-state index contributed by atoms with van der Waals surface area (Å²) in [4.78, 5) is 15.1. The van der Waals surface area contributed by atoms with Crippen LogP contribution in [0, 0.1) is 0 Å². The van der Waals surface area contributed by atoms with Crippen molar-refractivity contribution in [3.63, 3.8) is 0 Å². The summed E-state index contributed by atoms with van der Waals surface area (Å²) in [6.07, 6.45) is 4.54. The highest BCUT2D eigenvalue weighted by atomic mass is 32.2. The molecular weight excluding hydrogens is 380 g/mol. The van der Waals surface area contributed by atoms with Gasteiger partial charge in [0, 0.05) is 37.0 Å². The number of likely N-dealkylation sites (tertiary alicyclic amines) is 1.